The second kappa shape index (κ2) is 8.67. The van der Waals surface area contributed by atoms with E-state index in [2.05, 4.69) is 10.3 Å². The van der Waals surface area contributed by atoms with Gasteiger partial charge in [-0.3, -0.25) is 9.36 Å². The number of likely N-dealkylation sites (N-methyl/N-ethyl adjacent to an activating group) is 1. The summed E-state index contributed by atoms with van der Waals surface area (Å²) < 4.78 is 15.4. The van der Waals surface area contributed by atoms with Gasteiger partial charge in [0.15, 0.2) is 0 Å². The van der Waals surface area contributed by atoms with E-state index in [4.69, 9.17) is 0 Å². The predicted octanol–water partition coefficient (Wildman–Crippen LogP) is 2.16. The van der Waals surface area contributed by atoms with Crippen molar-refractivity contribution >= 4 is 23.4 Å². The molecule has 1 N–H and O–H groups in total. The van der Waals surface area contributed by atoms with Crippen LogP contribution >= 0.6 is 11.8 Å². The fourth-order valence-electron chi connectivity index (χ4n) is 3.12. The van der Waals surface area contributed by atoms with E-state index in [0.717, 1.165) is 37.1 Å². The average Bonchev–Trinajstić information content (AvgIpc) is 3.10. The molecule has 1 aliphatic carbocycles. The number of para-hydroxylation sites is 1. The molecule has 144 valence electrons. The van der Waals surface area contributed by atoms with Crippen LogP contribution in [-0.2, 0) is 24.2 Å². The van der Waals surface area contributed by atoms with Crippen LogP contribution in [0.4, 0.5) is 10.1 Å². The SMILES string of the molecule is CN(C)CCn1c2c(c(SCC(=O)Nc3ccccc3F)nc1=O)CCC2. The standard InChI is InChI=1S/C19H23FN4O2S/c1-23(2)10-11-24-16-9-5-6-13(16)18(22-19(24)26)27-12-17(25)21-15-8-4-3-7-14(15)20/h3-4,7-8H,5-6,9-12H2,1-2H3,(H,21,25). The van der Waals surface area contributed by atoms with Gasteiger partial charge in [0.1, 0.15) is 10.8 Å². The lowest BCUT2D eigenvalue weighted by molar-refractivity contribution is -0.113. The third-order valence-electron chi connectivity index (χ3n) is 4.46. The Labute approximate surface area is 161 Å². The van der Waals surface area contributed by atoms with Crippen LogP contribution in [-0.4, -0.2) is 46.8 Å². The maximum atomic E-state index is 13.6. The van der Waals surface area contributed by atoms with Gasteiger partial charge in [-0.1, -0.05) is 23.9 Å². The summed E-state index contributed by atoms with van der Waals surface area (Å²) in [6.07, 6.45) is 2.70. The average molecular weight is 390 g/mol. The highest BCUT2D eigenvalue weighted by Gasteiger charge is 2.22. The number of hydrogen-bond donors (Lipinski definition) is 1. The Hall–Kier alpha value is -2.19. The third-order valence-corrected chi connectivity index (χ3v) is 5.48. The number of rotatable bonds is 7. The number of carbonyl (C=O) groups excluding carboxylic acids is 1. The van der Waals surface area contributed by atoms with E-state index < -0.39 is 5.82 Å². The number of hydrogen-bond acceptors (Lipinski definition) is 5. The van der Waals surface area contributed by atoms with Crippen molar-refractivity contribution in [3.05, 3.63) is 51.8 Å². The molecule has 0 unspecified atom stereocenters. The summed E-state index contributed by atoms with van der Waals surface area (Å²) in [6, 6.07) is 6.04. The molecule has 0 radical (unpaired) electrons. The molecule has 1 heterocycles. The van der Waals surface area contributed by atoms with Gasteiger partial charge in [0.2, 0.25) is 5.91 Å². The molecule has 0 saturated heterocycles. The third kappa shape index (κ3) is 4.75. The van der Waals surface area contributed by atoms with Gasteiger partial charge in [-0.2, -0.15) is 4.98 Å². The highest BCUT2D eigenvalue weighted by atomic mass is 32.2. The second-order valence-electron chi connectivity index (χ2n) is 6.75. The molecular formula is C19H23FN4O2S. The molecule has 1 aromatic carbocycles. The first-order chi connectivity index (χ1) is 13.0. The number of carbonyl (C=O) groups is 1. The quantitative estimate of drug-likeness (QED) is 0.580. The van der Waals surface area contributed by atoms with Crippen molar-refractivity contribution in [2.24, 2.45) is 0 Å². The Morgan fingerprint density at radius 3 is 2.85 bits per heavy atom. The lowest BCUT2D eigenvalue weighted by Crippen LogP contribution is -2.31. The molecule has 1 aromatic heterocycles. The van der Waals surface area contributed by atoms with Crippen LogP contribution in [0.15, 0.2) is 34.1 Å². The maximum absolute atomic E-state index is 13.6. The van der Waals surface area contributed by atoms with E-state index in [9.17, 15) is 14.0 Å². The van der Waals surface area contributed by atoms with Gasteiger partial charge in [-0.15, -0.1) is 0 Å². The monoisotopic (exact) mass is 390 g/mol. The fraction of sp³-hybridized carbons (Fsp3) is 0.421. The summed E-state index contributed by atoms with van der Waals surface area (Å²) in [5, 5.41) is 3.18. The number of fused-ring (bicyclic) bond motifs is 1. The number of benzene rings is 1. The van der Waals surface area contributed by atoms with E-state index >= 15 is 0 Å². The molecule has 0 fully saturated rings. The van der Waals surface area contributed by atoms with Crippen LogP contribution in [0.5, 0.6) is 0 Å². The zero-order chi connectivity index (χ0) is 19.4. The smallest absolute Gasteiger partial charge is 0.323 e. The van der Waals surface area contributed by atoms with Crippen molar-refractivity contribution in [3.8, 4) is 0 Å². The molecule has 8 heteroatoms. The Bertz CT molecular complexity index is 898. The minimum absolute atomic E-state index is 0.0783. The van der Waals surface area contributed by atoms with Crippen molar-refractivity contribution < 1.29 is 9.18 Å². The van der Waals surface area contributed by atoms with Crippen LogP contribution in [0.25, 0.3) is 0 Å². The van der Waals surface area contributed by atoms with E-state index in [0.29, 0.717) is 11.6 Å². The fourth-order valence-corrected chi connectivity index (χ4v) is 4.00. The van der Waals surface area contributed by atoms with Crippen LogP contribution < -0.4 is 11.0 Å². The summed E-state index contributed by atoms with van der Waals surface area (Å²) in [4.78, 5) is 30.9. The lowest BCUT2D eigenvalue weighted by Gasteiger charge is -2.16. The summed E-state index contributed by atoms with van der Waals surface area (Å²) in [7, 11) is 3.94. The summed E-state index contributed by atoms with van der Waals surface area (Å²) >= 11 is 1.24. The number of nitrogens with one attached hydrogen (secondary N) is 1. The molecule has 1 amide bonds. The highest BCUT2D eigenvalue weighted by Crippen LogP contribution is 2.29. The molecule has 0 spiro atoms. The van der Waals surface area contributed by atoms with Crippen molar-refractivity contribution in [3.63, 3.8) is 0 Å². The Morgan fingerprint density at radius 1 is 1.33 bits per heavy atom. The van der Waals surface area contributed by atoms with Gasteiger partial charge in [-0.25, -0.2) is 9.18 Å². The zero-order valence-electron chi connectivity index (χ0n) is 15.5. The van der Waals surface area contributed by atoms with Crippen LogP contribution in [0.2, 0.25) is 0 Å². The van der Waals surface area contributed by atoms with Crippen molar-refractivity contribution in [2.45, 2.75) is 30.8 Å². The minimum Gasteiger partial charge on any atom is -0.323 e. The minimum atomic E-state index is -0.474. The Kier molecular flexibility index (Phi) is 6.28. The molecular weight excluding hydrogens is 367 g/mol. The van der Waals surface area contributed by atoms with Gasteiger partial charge >= 0.3 is 5.69 Å². The summed E-state index contributed by atoms with van der Waals surface area (Å²) in [5.74, 6) is -0.719. The van der Waals surface area contributed by atoms with Crippen molar-refractivity contribution in [1.29, 1.82) is 0 Å². The van der Waals surface area contributed by atoms with Gasteiger partial charge in [0.25, 0.3) is 0 Å². The number of halogens is 1. The lowest BCUT2D eigenvalue weighted by atomic mass is 10.2. The predicted molar refractivity (Wildman–Crippen MR) is 105 cm³/mol. The highest BCUT2D eigenvalue weighted by molar-refractivity contribution is 8.00. The molecule has 1 aliphatic rings. The maximum Gasteiger partial charge on any atom is 0.348 e. The van der Waals surface area contributed by atoms with Crippen molar-refractivity contribution in [2.75, 3.05) is 31.7 Å². The van der Waals surface area contributed by atoms with Crippen LogP contribution in [0.1, 0.15) is 17.7 Å². The molecule has 2 aromatic rings. The summed E-state index contributed by atoms with van der Waals surface area (Å²) in [6.45, 7) is 1.38. The van der Waals surface area contributed by atoms with Gasteiger partial charge < -0.3 is 10.2 Å². The zero-order valence-corrected chi connectivity index (χ0v) is 16.3. The van der Waals surface area contributed by atoms with E-state index in [1.165, 1.54) is 23.9 Å². The first-order valence-electron chi connectivity index (χ1n) is 8.90. The number of anilines is 1. The topological polar surface area (TPSA) is 67.2 Å². The van der Waals surface area contributed by atoms with Crippen LogP contribution in [0.3, 0.4) is 0 Å². The second-order valence-corrected chi connectivity index (χ2v) is 7.71. The summed E-state index contributed by atoms with van der Waals surface area (Å²) in [5.41, 5.74) is 1.99. The number of amides is 1. The van der Waals surface area contributed by atoms with Crippen LogP contribution in [0, 0.1) is 5.82 Å². The first-order valence-corrected chi connectivity index (χ1v) is 9.88. The molecule has 27 heavy (non-hydrogen) atoms. The first kappa shape index (κ1) is 19.6. The van der Waals surface area contributed by atoms with Gasteiger partial charge in [-0.05, 0) is 45.5 Å². The van der Waals surface area contributed by atoms with E-state index in [1.807, 2.05) is 19.0 Å². The normalized spacial score (nSPS) is 13.0. The number of thioether (sulfide) groups is 1. The molecule has 6 nitrogen and oxygen atoms in total. The molecule has 0 bridgehead atoms. The van der Waals surface area contributed by atoms with Gasteiger partial charge in [0, 0.05) is 24.3 Å². The van der Waals surface area contributed by atoms with E-state index in [1.54, 1.807) is 16.7 Å². The number of aromatic nitrogens is 2. The Balaban J connectivity index is 1.71. The molecule has 0 saturated carbocycles. The largest absolute Gasteiger partial charge is 0.348 e. The van der Waals surface area contributed by atoms with Crippen molar-refractivity contribution in [1.82, 2.24) is 14.5 Å². The molecule has 0 atom stereocenters. The molecule has 3 rings (SSSR count). The Morgan fingerprint density at radius 2 is 2.11 bits per heavy atom. The molecule has 0 aliphatic heterocycles. The van der Waals surface area contributed by atoms with E-state index in [-0.39, 0.29) is 23.0 Å². The van der Waals surface area contributed by atoms with Gasteiger partial charge in [0.05, 0.1) is 11.4 Å². The number of nitrogens with zero attached hydrogens (tertiary/aromatic N) is 3.